The monoisotopic (exact) mass is 251 g/mol. The molecule has 0 aliphatic rings. The average molecular weight is 251 g/mol. The Morgan fingerprint density at radius 2 is 1.78 bits per heavy atom. The lowest BCUT2D eigenvalue weighted by molar-refractivity contribution is 0.411. The molecule has 2 rings (SSSR count). The van der Waals surface area contributed by atoms with Crippen molar-refractivity contribution in [1.29, 1.82) is 0 Å². The Kier molecular flexibility index (Phi) is 3.32. The van der Waals surface area contributed by atoms with E-state index >= 15 is 0 Å². The van der Waals surface area contributed by atoms with E-state index in [0.29, 0.717) is 5.75 Å². The molecule has 2 N–H and O–H groups in total. The number of methoxy groups -OCH3 is 1. The summed E-state index contributed by atoms with van der Waals surface area (Å²) in [6.07, 6.45) is 0. The number of hydrogen-bond donors (Lipinski definition) is 1. The number of anilines is 1. The number of benzene rings is 2. The lowest BCUT2D eigenvalue weighted by atomic mass is 10.2. The van der Waals surface area contributed by atoms with Gasteiger partial charge in [0.2, 0.25) is 0 Å². The van der Waals surface area contributed by atoms with Crippen LogP contribution in [0.2, 0.25) is 0 Å². The van der Waals surface area contributed by atoms with Crippen LogP contribution in [0.3, 0.4) is 0 Å². The summed E-state index contributed by atoms with van der Waals surface area (Å²) in [5.41, 5.74) is 5.99. The minimum absolute atomic E-state index is 0.216. The molecule has 18 heavy (non-hydrogen) atoms. The molecule has 0 fully saturated rings. The molecule has 5 heteroatoms. The quantitative estimate of drug-likeness (QED) is 0.851. The maximum atomic E-state index is 13.4. The van der Waals surface area contributed by atoms with Crippen molar-refractivity contribution in [3.05, 3.63) is 48.0 Å². The normalized spacial score (nSPS) is 10.2. The molecule has 3 nitrogen and oxygen atoms in total. The van der Waals surface area contributed by atoms with Gasteiger partial charge >= 0.3 is 0 Å². The topological polar surface area (TPSA) is 44.5 Å². The number of halogens is 2. The SMILES string of the molecule is COc1ccc(Oc2cc(F)ccc2F)c(N)c1. The van der Waals surface area contributed by atoms with Crippen molar-refractivity contribution in [3.8, 4) is 17.2 Å². The molecule has 0 aromatic heterocycles. The highest BCUT2D eigenvalue weighted by Gasteiger charge is 2.09. The van der Waals surface area contributed by atoms with Crippen LogP contribution in [0.5, 0.6) is 17.2 Å². The van der Waals surface area contributed by atoms with E-state index in [-0.39, 0.29) is 17.2 Å². The smallest absolute Gasteiger partial charge is 0.166 e. The predicted octanol–water partition coefficient (Wildman–Crippen LogP) is 3.35. The second-order valence-electron chi connectivity index (χ2n) is 3.58. The van der Waals surface area contributed by atoms with Gasteiger partial charge in [-0.15, -0.1) is 0 Å². The van der Waals surface area contributed by atoms with Gasteiger partial charge in [-0.25, -0.2) is 8.78 Å². The van der Waals surface area contributed by atoms with E-state index in [1.165, 1.54) is 19.2 Å². The van der Waals surface area contributed by atoms with E-state index in [2.05, 4.69) is 0 Å². The van der Waals surface area contributed by atoms with Gasteiger partial charge in [0, 0.05) is 12.1 Å². The van der Waals surface area contributed by atoms with Crippen LogP contribution < -0.4 is 15.2 Å². The third-order valence-electron chi connectivity index (χ3n) is 2.33. The van der Waals surface area contributed by atoms with Crippen molar-refractivity contribution in [1.82, 2.24) is 0 Å². The molecule has 94 valence electrons. The van der Waals surface area contributed by atoms with E-state index in [4.69, 9.17) is 15.2 Å². The minimum Gasteiger partial charge on any atom is -0.497 e. The Labute approximate surface area is 103 Å². The highest BCUT2D eigenvalue weighted by molar-refractivity contribution is 5.57. The Hall–Kier alpha value is -2.30. The average Bonchev–Trinajstić information content (AvgIpc) is 2.36. The molecule has 0 heterocycles. The number of hydrogen-bond acceptors (Lipinski definition) is 3. The molecule has 0 saturated carbocycles. The van der Waals surface area contributed by atoms with Crippen molar-refractivity contribution in [2.24, 2.45) is 0 Å². The molecule has 0 amide bonds. The van der Waals surface area contributed by atoms with E-state index in [0.717, 1.165) is 18.2 Å². The first-order chi connectivity index (χ1) is 8.60. The van der Waals surface area contributed by atoms with Gasteiger partial charge in [-0.3, -0.25) is 0 Å². The minimum atomic E-state index is -0.661. The molecule has 0 radical (unpaired) electrons. The van der Waals surface area contributed by atoms with Gasteiger partial charge < -0.3 is 15.2 Å². The molecule has 0 unspecified atom stereocenters. The first-order valence-corrected chi connectivity index (χ1v) is 5.16. The lowest BCUT2D eigenvalue weighted by Gasteiger charge is -2.10. The molecule has 0 aliphatic carbocycles. The Bertz CT molecular complexity index is 573. The summed E-state index contributed by atoms with van der Waals surface area (Å²) in [6.45, 7) is 0. The van der Waals surface area contributed by atoms with Crippen LogP contribution in [0.4, 0.5) is 14.5 Å². The second-order valence-corrected chi connectivity index (χ2v) is 3.58. The summed E-state index contributed by atoms with van der Waals surface area (Å²) in [6, 6.07) is 7.64. The summed E-state index contributed by atoms with van der Waals surface area (Å²) in [4.78, 5) is 0. The first-order valence-electron chi connectivity index (χ1n) is 5.16. The van der Waals surface area contributed by atoms with Crippen LogP contribution in [-0.2, 0) is 0 Å². The molecular formula is C13H11F2NO2. The fourth-order valence-electron chi connectivity index (χ4n) is 1.42. The second kappa shape index (κ2) is 4.91. The lowest BCUT2D eigenvalue weighted by Crippen LogP contribution is -1.95. The number of ether oxygens (including phenoxy) is 2. The van der Waals surface area contributed by atoms with Crippen molar-refractivity contribution < 1.29 is 18.3 Å². The van der Waals surface area contributed by atoms with Gasteiger partial charge in [-0.1, -0.05) is 0 Å². The van der Waals surface area contributed by atoms with Crippen LogP contribution in [0, 0.1) is 11.6 Å². The summed E-state index contributed by atoms with van der Waals surface area (Å²) in [5, 5.41) is 0. The van der Waals surface area contributed by atoms with Gasteiger partial charge in [-0.2, -0.15) is 0 Å². The van der Waals surface area contributed by atoms with Crippen molar-refractivity contribution in [2.45, 2.75) is 0 Å². The maximum absolute atomic E-state index is 13.4. The van der Waals surface area contributed by atoms with E-state index < -0.39 is 11.6 Å². The van der Waals surface area contributed by atoms with Gasteiger partial charge in [0.15, 0.2) is 17.3 Å². The number of nitrogens with two attached hydrogens (primary N) is 1. The zero-order valence-corrected chi connectivity index (χ0v) is 9.61. The summed E-state index contributed by atoms with van der Waals surface area (Å²) < 4.78 is 36.5. The first kappa shape index (κ1) is 12.2. The largest absolute Gasteiger partial charge is 0.497 e. The van der Waals surface area contributed by atoms with Gasteiger partial charge in [0.1, 0.15) is 11.6 Å². The molecule has 0 aliphatic heterocycles. The van der Waals surface area contributed by atoms with Crippen LogP contribution in [0.1, 0.15) is 0 Å². The molecule has 2 aromatic rings. The van der Waals surface area contributed by atoms with E-state index in [1.54, 1.807) is 6.07 Å². The van der Waals surface area contributed by atoms with Crippen LogP contribution in [0.15, 0.2) is 36.4 Å². The number of nitrogen functional groups attached to an aromatic ring is 1. The van der Waals surface area contributed by atoms with Crippen LogP contribution in [-0.4, -0.2) is 7.11 Å². The Morgan fingerprint density at radius 1 is 1.00 bits per heavy atom. The van der Waals surface area contributed by atoms with Crippen molar-refractivity contribution >= 4 is 5.69 Å². The third kappa shape index (κ3) is 2.51. The maximum Gasteiger partial charge on any atom is 0.166 e. The number of rotatable bonds is 3. The molecule has 0 bridgehead atoms. The molecular weight excluding hydrogens is 240 g/mol. The fourth-order valence-corrected chi connectivity index (χ4v) is 1.42. The summed E-state index contributed by atoms with van der Waals surface area (Å²) >= 11 is 0. The zero-order chi connectivity index (χ0) is 13.1. The molecule has 0 atom stereocenters. The molecule has 0 saturated heterocycles. The molecule has 2 aromatic carbocycles. The summed E-state index contributed by atoms with van der Waals surface area (Å²) in [7, 11) is 1.50. The van der Waals surface area contributed by atoms with Crippen LogP contribution in [0.25, 0.3) is 0 Å². The Morgan fingerprint density at radius 3 is 2.44 bits per heavy atom. The van der Waals surface area contributed by atoms with Gasteiger partial charge in [0.25, 0.3) is 0 Å². The third-order valence-corrected chi connectivity index (χ3v) is 2.33. The van der Waals surface area contributed by atoms with Crippen molar-refractivity contribution in [3.63, 3.8) is 0 Å². The zero-order valence-electron chi connectivity index (χ0n) is 9.61. The van der Waals surface area contributed by atoms with Gasteiger partial charge in [-0.05, 0) is 24.3 Å². The van der Waals surface area contributed by atoms with Gasteiger partial charge in [0.05, 0.1) is 12.8 Å². The van der Waals surface area contributed by atoms with E-state index in [9.17, 15) is 8.78 Å². The van der Waals surface area contributed by atoms with Crippen LogP contribution >= 0.6 is 0 Å². The fraction of sp³-hybridized carbons (Fsp3) is 0.0769. The predicted molar refractivity (Wildman–Crippen MR) is 63.8 cm³/mol. The highest BCUT2D eigenvalue weighted by Crippen LogP contribution is 2.32. The van der Waals surface area contributed by atoms with Crippen molar-refractivity contribution in [2.75, 3.05) is 12.8 Å². The standard InChI is InChI=1S/C13H11F2NO2/c1-17-9-3-5-12(11(16)7-9)18-13-6-8(14)2-4-10(13)15/h2-7H,16H2,1H3. The molecule has 0 spiro atoms. The summed E-state index contributed by atoms with van der Waals surface area (Å²) in [5.74, 6) is -0.670. The Balaban J connectivity index is 2.31. The van der Waals surface area contributed by atoms with E-state index in [1.807, 2.05) is 0 Å². The highest BCUT2D eigenvalue weighted by atomic mass is 19.1.